The smallest absolute Gasteiger partial charge is 0.410 e. The second-order valence-corrected chi connectivity index (χ2v) is 8.31. The third-order valence-corrected chi connectivity index (χ3v) is 5.02. The van der Waals surface area contributed by atoms with Gasteiger partial charge in [-0.25, -0.2) is 9.18 Å². The summed E-state index contributed by atoms with van der Waals surface area (Å²) in [5.41, 5.74) is -1.11. The van der Waals surface area contributed by atoms with E-state index in [1.54, 1.807) is 17.0 Å². The van der Waals surface area contributed by atoms with Crippen molar-refractivity contribution < 1.29 is 23.8 Å². The van der Waals surface area contributed by atoms with Crippen LogP contribution in [0, 0.1) is 17.1 Å². The Morgan fingerprint density at radius 2 is 2.04 bits per heavy atom. The number of hydrogen-bond acceptors (Lipinski definition) is 5. The summed E-state index contributed by atoms with van der Waals surface area (Å²) in [6, 6.07) is 5.73. The number of amides is 1. The van der Waals surface area contributed by atoms with Gasteiger partial charge in [0.15, 0.2) is 0 Å². The van der Waals surface area contributed by atoms with E-state index >= 15 is 0 Å². The van der Waals surface area contributed by atoms with Crippen molar-refractivity contribution in [2.75, 3.05) is 13.2 Å². The normalized spacial score (nSPS) is 27.8. The summed E-state index contributed by atoms with van der Waals surface area (Å²) in [5, 5.41) is 20.0. The van der Waals surface area contributed by atoms with Crippen molar-refractivity contribution in [2.24, 2.45) is 0 Å². The summed E-state index contributed by atoms with van der Waals surface area (Å²) < 4.78 is 25.4. The maximum absolute atomic E-state index is 14.3. The van der Waals surface area contributed by atoms with E-state index in [-0.39, 0.29) is 31.3 Å². The Morgan fingerprint density at radius 1 is 1.41 bits per heavy atom. The van der Waals surface area contributed by atoms with Gasteiger partial charge in [0.2, 0.25) is 0 Å². The van der Waals surface area contributed by atoms with Crippen LogP contribution in [0.25, 0.3) is 0 Å². The van der Waals surface area contributed by atoms with Crippen molar-refractivity contribution in [3.63, 3.8) is 0 Å². The number of nitriles is 1. The number of piperidine rings is 1. The maximum atomic E-state index is 14.3. The topological polar surface area (TPSA) is 82.8 Å². The monoisotopic (exact) mass is 376 g/mol. The van der Waals surface area contributed by atoms with E-state index in [0.717, 1.165) is 0 Å². The molecule has 2 aliphatic heterocycles. The van der Waals surface area contributed by atoms with Crippen LogP contribution in [-0.4, -0.2) is 47.0 Å². The van der Waals surface area contributed by atoms with Gasteiger partial charge in [0, 0.05) is 18.4 Å². The first-order chi connectivity index (χ1) is 12.6. The maximum Gasteiger partial charge on any atom is 0.410 e. The molecule has 146 valence electrons. The van der Waals surface area contributed by atoms with Crippen molar-refractivity contribution in [2.45, 2.75) is 63.3 Å². The quantitative estimate of drug-likeness (QED) is 0.858. The van der Waals surface area contributed by atoms with Gasteiger partial charge < -0.3 is 14.6 Å². The lowest BCUT2D eigenvalue weighted by molar-refractivity contribution is -0.141. The Bertz CT molecular complexity index is 754. The first-order valence-electron chi connectivity index (χ1n) is 9.10. The number of benzene rings is 1. The van der Waals surface area contributed by atoms with Gasteiger partial charge in [0.1, 0.15) is 11.4 Å². The van der Waals surface area contributed by atoms with Gasteiger partial charge in [-0.05, 0) is 32.4 Å². The summed E-state index contributed by atoms with van der Waals surface area (Å²) in [6.07, 6.45) is 0.0358. The highest BCUT2D eigenvalue weighted by Gasteiger charge is 2.50. The molecule has 1 aromatic carbocycles. The van der Waals surface area contributed by atoms with E-state index in [2.05, 4.69) is 0 Å². The summed E-state index contributed by atoms with van der Waals surface area (Å²) in [4.78, 5) is 14.3. The second-order valence-electron chi connectivity index (χ2n) is 8.31. The molecule has 6 nitrogen and oxygen atoms in total. The lowest BCUT2D eigenvalue weighted by Gasteiger charge is -2.51. The van der Waals surface area contributed by atoms with Crippen LogP contribution in [0.4, 0.5) is 9.18 Å². The number of fused-ring (bicyclic) bond motifs is 2. The Kier molecular flexibility index (Phi) is 5.15. The predicted molar refractivity (Wildman–Crippen MR) is 95.3 cm³/mol. The summed E-state index contributed by atoms with van der Waals surface area (Å²) in [6.45, 7) is 6.02. The zero-order valence-corrected chi connectivity index (χ0v) is 15.9. The number of hydrogen-bond donors (Lipinski definition) is 1. The minimum atomic E-state index is -1.26. The summed E-state index contributed by atoms with van der Waals surface area (Å²) >= 11 is 0. The Morgan fingerprint density at radius 3 is 2.56 bits per heavy atom. The van der Waals surface area contributed by atoms with Crippen LogP contribution in [0.3, 0.4) is 0 Å². The minimum absolute atomic E-state index is 0.0178. The molecule has 3 rings (SSSR count). The van der Waals surface area contributed by atoms with Crippen LogP contribution in [0.2, 0.25) is 0 Å². The van der Waals surface area contributed by atoms with Gasteiger partial charge in [-0.3, -0.25) is 4.90 Å². The molecule has 2 heterocycles. The average Bonchev–Trinajstić information content (AvgIpc) is 2.54. The molecule has 2 aliphatic rings. The molecule has 0 aromatic heterocycles. The molecular weight excluding hydrogens is 351 g/mol. The van der Waals surface area contributed by atoms with Crippen LogP contribution in [-0.2, 0) is 21.5 Å². The molecule has 2 bridgehead atoms. The average molecular weight is 376 g/mol. The Balaban J connectivity index is 1.84. The molecule has 0 spiro atoms. The first-order valence-corrected chi connectivity index (χ1v) is 9.10. The number of nitrogens with zero attached hydrogens (tertiary/aromatic N) is 2. The van der Waals surface area contributed by atoms with E-state index in [4.69, 9.17) is 14.7 Å². The van der Waals surface area contributed by atoms with E-state index in [9.17, 15) is 14.3 Å². The van der Waals surface area contributed by atoms with Crippen LogP contribution in [0.1, 0.15) is 44.7 Å². The molecule has 1 aromatic rings. The lowest BCUT2D eigenvalue weighted by Crippen LogP contribution is -2.63. The highest BCUT2D eigenvalue weighted by molar-refractivity contribution is 5.69. The molecule has 7 heteroatoms. The zero-order valence-electron chi connectivity index (χ0n) is 15.9. The molecular formula is C20H25FN2O4. The van der Waals surface area contributed by atoms with Crippen LogP contribution in [0.5, 0.6) is 0 Å². The van der Waals surface area contributed by atoms with Crippen LogP contribution in [0.15, 0.2) is 18.2 Å². The van der Waals surface area contributed by atoms with Crippen molar-refractivity contribution in [3.8, 4) is 6.07 Å². The zero-order chi connectivity index (χ0) is 19.8. The van der Waals surface area contributed by atoms with Crippen molar-refractivity contribution in [1.29, 1.82) is 5.26 Å². The Hall–Kier alpha value is -2.17. The minimum Gasteiger partial charge on any atom is -0.444 e. The SMILES string of the molecule is CC(C)(C)OC(=O)N1C2COCC1CC(O)(c1ccc(CC#N)c(F)c1)C2. The highest BCUT2D eigenvalue weighted by Crippen LogP contribution is 2.42. The van der Waals surface area contributed by atoms with E-state index < -0.39 is 23.1 Å². The molecule has 1 N–H and O–H groups in total. The summed E-state index contributed by atoms with van der Waals surface area (Å²) in [5.74, 6) is -0.501. The highest BCUT2D eigenvalue weighted by atomic mass is 19.1. The second kappa shape index (κ2) is 7.10. The van der Waals surface area contributed by atoms with Gasteiger partial charge >= 0.3 is 6.09 Å². The van der Waals surface area contributed by atoms with Gasteiger partial charge in [0.25, 0.3) is 0 Å². The molecule has 2 fully saturated rings. The van der Waals surface area contributed by atoms with E-state index in [1.807, 2.05) is 26.8 Å². The van der Waals surface area contributed by atoms with Gasteiger partial charge in [-0.1, -0.05) is 12.1 Å². The number of ether oxygens (including phenoxy) is 2. The number of rotatable bonds is 2. The number of carbonyl (C=O) groups excluding carboxylic acids is 1. The largest absolute Gasteiger partial charge is 0.444 e. The molecule has 27 heavy (non-hydrogen) atoms. The molecule has 0 radical (unpaired) electrons. The van der Waals surface area contributed by atoms with Gasteiger partial charge in [-0.2, -0.15) is 5.26 Å². The fraction of sp³-hybridized carbons (Fsp3) is 0.600. The fourth-order valence-electron chi connectivity index (χ4n) is 3.89. The predicted octanol–water partition coefficient (Wildman–Crippen LogP) is 2.88. The number of halogens is 1. The molecule has 0 aliphatic carbocycles. The van der Waals surface area contributed by atoms with Gasteiger partial charge in [-0.15, -0.1) is 0 Å². The molecule has 0 saturated carbocycles. The van der Waals surface area contributed by atoms with Crippen molar-refractivity contribution in [1.82, 2.24) is 4.90 Å². The van der Waals surface area contributed by atoms with Crippen LogP contribution < -0.4 is 0 Å². The van der Waals surface area contributed by atoms with Crippen molar-refractivity contribution >= 4 is 6.09 Å². The molecule has 2 unspecified atom stereocenters. The van der Waals surface area contributed by atoms with Crippen molar-refractivity contribution in [3.05, 3.63) is 35.1 Å². The summed E-state index contributed by atoms with van der Waals surface area (Å²) in [7, 11) is 0. The van der Waals surface area contributed by atoms with E-state index in [0.29, 0.717) is 24.3 Å². The van der Waals surface area contributed by atoms with E-state index in [1.165, 1.54) is 6.07 Å². The number of aliphatic hydroxyl groups is 1. The number of morpholine rings is 1. The first kappa shape index (κ1) is 19.6. The molecule has 2 saturated heterocycles. The number of carbonyl (C=O) groups is 1. The van der Waals surface area contributed by atoms with Gasteiger partial charge in [0.05, 0.1) is 43.4 Å². The molecule has 2 atom stereocenters. The fourth-order valence-corrected chi connectivity index (χ4v) is 3.89. The third kappa shape index (κ3) is 4.07. The lowest BCUT2D eigenvalue weighted by atomic mass is 9.76. The standard InChI is InChI=1S/C20H25FN2O4/c1-19(2,3)27-18(24)23-15-9-20(25,10-16(23)12-26-11-15)14-5-4-13(6-7-22)17(21)8-14/h4-5,8,15-16,25H,6,9-12H2,1-3H3. The third-order valence-electron chi connectivity index (χ3n) is 5.02. The van der Waals surface area contributed by atoms with Crippen LogP contribution >= 0.6 is 0 Å². The molecule has 1 amide bonds. The Labute approximate surface area is 158 Å².